The van der Waals surface area contributed by atoms with Crippen molar-refractivity contribution in [3.05, 3.63) is 101 Å². The summed E-state index contributed by atoms with van der Waals surface area (Å²) in [6, 6.07) is 28.0. The lowest BCUT2D eigenvalue weighted by Crippen LogP contribution is -2.25. The van der Waals surface area contributed by atoms with Crippen molar-refractivity contribution in [1.82, 2.24) is 0 Å². The van der Waals surface area contributed by atoms with Gasteiger partial charge in [-0.05, 0) is 239 Å². The van der Waals surface area contributed by atoms with Crippen LogP contribution in [0.2, 0.25) is 0 Å². The van der Waals surface area contributed by atoms with Crippen LogP contribution in [0.15, 0.2) is 72.8 Å². The van der Waals surface area contributed by atoms with Gasteiger partial charge in [-0.1, -0.05) is 172 Å². The number of methoxy groups -OCH3 is 1. The maximum Gasteiger partial charge on any atom is 0.118 e. The van der Waals surface area contributed by atoms with Crippen molar-refractivity contribution in [3.63, 3.8) is 0 Å². The monoisotopic (exact) mass is 939 g/mol. The Morgan fingerprint density at radius 3 is 0.855 bits per heavy atom. The third-order valence-corrected chi connectivity index (χ3v) is 20.4. The molecule has 0 radical (unpaired) electrons. The fourth-order valence-corrected chi connectivity index (χ4v) is 15.6. The molecule has 0 aliphatic heterocycles. The van der Waals surface area contributed by atoms with Crippen molar-refractivity contribution in [1.29, 1.82) is 0 Å². The van der Waals surface area contributed by atoms with Crippen LogP contribution in [-0.4, -0.2) is 7.11 Å². The third-order valence-electron chi connectivity index (χ3n) is 20.4. The van der Waals surface area contributed by atoms with Gasteiger partial charge in [0.2, 0.25) is 0 Å². The van der Waals surface area contributed by atoms with Gasteiger partial charge in [0.05, 0.1) is 7.11 Å². The predicted molar refractivity (Wildman–Crippen MR) is 300 cm³/mol. The van der Waals surface area contributed by atoms with E-state index in [4.69, 9.17) is 4.74 Å². The molecule has 0 heterocycles. The minimum Gasteiger partial charge on any atom is -0.497 e. The molecule has 69 heavy (non-hydrogen) atoms. The molecule has 0 saturated heterocycles. The first-order valence-corrected chi connectivity index (χ1v) is 30.7. The zero-order valence-electron chi connectivity index (χ0n) is 45.9. The molecule has 0 unspecified atom stereocenters. The lowest BCUT2D eigenvalue weighted by atomic mass is 9.68. The molecule has 0 aromatic heterocycles. The van der Waals surface area contributed by atoms with E-state index < -0.39 is 0 Å². The Hall–Kier alpha value is -2.54. The highest BCUT2D eigenvalue weighted by molar-refractivity contribution is 5.30. The molecule has 0 spiro atoms. The Morgan fingerprint density at radius 1 is 0.319 bits per heavy atom. The van der Waals surface area contributed by atoms with Gasteiger partial charge in [-0.3, -0.25) is 0 Å². The average molecular weight is 940 g/mol. The number of aryl methyl sites for hydroxylation is 2. The van der Waals surface area contributed by atoms with E-state index in [1.54, 1.807) is 18.2 Å². The Bertz CT molecular complexity index is 1760. The van der Waals surface area contributed by atoms with Gasteiger partial charge in [-0.2, -0.15) is 0 Å². The van der Waals surface area contributed by atoms with E-state index >= 15 is 0 Å². The van der Waals surface area contributed by atoms with Gasteiger partial charge in [0.15, 0.2) is 0 Å². The summed E-state index contributed by atoms with van der Waals surface area (Å²) in [4.78, 5) is 0. The number of hydrogen-bond acceptors (Lipinski definition) is 1. The summed E-state index contributed by atoms with van der Waals surface area (Å²) in [5.74, 6) is 12.9. The van der Waals surface area contributed by atoms with Gasteiger partial charge in [0, 0.05) is 0 Å². The first-order chi connectivity index (χ1) is 33.9. The second-order valence-electron chi connectivity index (χ2n) is 24.5. The number of ether oxygens (including phenoxy) is 1. The van der Waals surface area contributed by atoms with Gasteiger partial charge in [-0.15, -0.1) is 0 Å². The lowest BCUT2D eigenvalue weighted by molar-refractivity contribution is 0.156. The number of rotatable bonds is 15. The van der Waals surface area contributed by atoms with Crippen molar-refractivity contribution in [2.45, 2.75) is 258 Å². The predicted octanol–water partition coefficient (Wildman–Crippen LogP) is 20.8. The first-order valence-electron chi connectivity index (χ1n) is 30.7. The molecule has 9 rings (SSSR count). The molecule has 3 aromatic carbocycles. The molecule has 1 nitrogen and oxygen atoms in total. The highest BCUT2D eigenvalue weighted by Crippen LogP contribution is 2.47. The summed E-state index contributed by atoms with van der Waals surface area (Å²) in [6.45, 7) is 11.6. The summed E-state index contributed by atoms with van der Waals surface area (Å²) < 4.78 is 5.27. The zero-order chi connectivity index (χ0) is 48.2. The molecule has 384 valence electrons. The van der Waals surface area contributed by atoms with Crippen LogP contribution in [0.5, 0.6) is 5.75 Å². The Balaban J connectivity index is 0.000000153. The Labute approximate surface area is 427 Å². The highest BCUT2D eigenvalue weighted by Gasteiger charge is 2.34. The minimum absolute atomic E-state index is 0.786. The molecule has 0 bridgehead atoms. The van der Waals surface area contributed by atoms with E-state index in [9.17, 15) is 0 Å². The molecule has 0 N–H and O–H groups in total. The molecular weight excluding hydrogens is 833 g/mol. The van der Waals surface area contributed by atoms with E-state index in [1.807, 2.05) is 0 Å². The van der Waals surface area contributed by atoms with Crippen LogP contribution >= 0.6 is 0 Å². The van der Waals surface area contributed by atoms with Gasteiger partial charge in [-0.25, -0.2) is 0 Å². The quantitative estimate of drug-likeness (QED) is 0.148. The van der Waals surface area contributed by atoms with Crippen molar-refractivity contribution < 1.29 is 4.74 Å². The van der Waals surface area contributed by atoms with Crippen LogP contribution < -0.4 is 4.74 Å². The molecule has 6 fully saturated rings. The highest BCUT2D eigenvalue weighted by atomic mass is 16.5. The van der Waals surface area contributed by atoms with E-state index in [0.717, 1.165) is 76.8 Å². The van der Waals surface area contributed by atoms with E-state index in [1.165, 1.54) is 222 Å². The molecular formula is C68H106O. The standard InChI is InChI=1S/C24H38.C23H36.C21H32O/c1-3-5-19-7-11-21(12-8-19)23-15-17-24(18-16-23)22-13-9-20(6-4-2)10-14-22;1-3-5-19-8-12-21(13-9-19)23-16-14-22(15-17-23)20-10-6-18(4-2)7-11-20;1-3-16-4-6-17(7-5-16)18-8-10-19(11-9-18)20-12-14-21(22-2)15-13-20/h7-8,11-12,20,22-24H,3-6,9-10,13-18H2,1-2H3;8-9,12-13,18,20,22-23H,3-7,10-11,14-17H2,1-2H3;12-19H,3-11H2,1-2H3. The molecule has 0 amide bonds. The fraction of sp³-hybridized carbons (Fsp3) is 0.735. The maximum atomic E-state index is 5.27. The molecule has 1 heteroatoms. The first kappa shape index (κ1) is 54.2. The second kappa shape index (κ2) is 29.2. The summed E-state index contributed by atoms with van der Waals surface area (Å²) in [5, 5.41) is 0. The van der Waals surface area contributed by atoms with Crippen molar-refractivity contribution in [2.24, 2.45) is 53.3 Å². The van der Waals surface area contributed by atoms with Gasteiger partial charge < -0.3 is 4.74 Å². The molecule has 6 aliphatic rings. The second-order valence-corrected chi connectivity index (χ2v) is 24.5. The van der Waals surface area contributed by atoms with Crippen LogP contribution in [0.1, 0.15) is 273 Å². The molecule has 0 atom stereocenters. The number of benzene rings is 3. The van der Waals surface area contributed by atoms with Crippen LogP contribution in [-0.2, 0) is 12.8 Å². The summed E-state index contributed by atoms with van der Waals surface area (Å²) in [6.07, 6.45) is 46.3. The van der Waals surface area contributed by atoms with Gasteiger partial charge >= 0.3 is 0 Å². The maximum absolute atomic E-state index is 5.27. The minimum atomic E-state index is 0.786. The van der Waals surface area contributed by atoms with Crippen molar-refractivity contribution >= 4 is 0 Å². The van der Waals surface area contributed by atoms with Gasteiger partial charge in [0.25, 0.3) is 0 Å². The number of hydrogen-bond donors (Lipinski definition) is 0. The van der Waals surface area contributed by atoms with Crippen LogP contribution in [0.25, 0.3) is 0 Å². The molecule has 3 aromatic rings. The smallest absolute Gasteiger partial charge is 0.118 e. The third kappa shape index (κ3) is 16.5. The SMILES string of the molecule is CCC1CCC(C2CCC(c3ccc(OC)cc3)CC2)CC1.CCCc1ccc(C2CCC(C3CCC(CC)CC3)CC2)cc1.CCCc1ccc(C2CCC(C3CCC(CCC)CC3)CC2)cc1. The fourth-order valence-electron chi connectivity index (χ4n) is 15.6. The van der Waals surface area contributed by atoms with Crippen LogP contribution in [0.4, 0.5) is 0 Å². The van der Waals surface area contributed by atoms with Crippen LogP contribution in [0.3, 0.4) is 0 Å². The van der Waals surface area contributed by atoms with Crippen LogP contribution in [0, 0.1) is 53.3 Å². The average Bonchev–Trinajstić information content (AvgIpc) is 3.42. The largest absolute Gasteiger partial charge is 0.497 e. The van der Waals surface area contributed by atoms with Gasteiger partial charge in [0.1, 0.15) is 5.75 Å². The van der Waals surface area contributed by atoms with Crippen molar-refractivity contribution in [3.8, 4) is 5.75 Å². The van der Waals surface area contributed by atoms with E-state index in [0.29, 0.717) is 0 Å². The molecule has 6 aliphatic carbocycles. The summed E-state index contributed by atoms with van der Waals surface area (Å²) >= 11 is 0. The van der Waals surface area contributed by atoms with E-state index in [2.05, 4.69) is 107 Å². The zero-order valence-corrected chi connectivity index (χ0v) is 45.9. The lowest BCUT2D eigenvalue weighted by Gasteiger charge is -2.38. The molecule has 6 saturated carbocycles. The topological polar surface area (TPSA) is 9.23 Å². The Morgan fingerprint density at radius 2 is 0.594 bits per heavy atom. The summed E-state index contributed by atoms with van der Waals surface area (Å²) in [5.41, 5.74) is 7.77. The van der Waals surface area contributed by atoms with Crippen molar-refractivity contribution in [2.75, 3.05) is 7.11 Å². The normalized spacial score (nSPS) is 31.9. The van der Waals surface area contributed by atoms with E-state index in [-0.39, 0.29) is 0 Å². The summed E-state index contributed by atoms with van der Waals surface area (Å²) in [7, 11) is 1.74. The Kier molecular flexibility index (Phi) is 23.0.